The van der Waals surface area contributed by atoms with Gasteiger partial charge in [-0.15, -0.1) is 10.2 Å². The van der Waals surface area contributed by atoms with Gasteiger partial charge in [0.2, 0.25) is 0 Å². The Morgan fingerprint density at radius 1 is 0.808 bits per heavy atom. The van der Waals surface area contributed by atoms with Crippen molar-refractivity contribution in [2.45, 2.75) is 6.92 Å². The third-order valence-electron chi connectivity index (χ3n) is 4.48. The molecule has 0 radical (unpaired) electrons. The number of pyridine rings is 1. The van der Waals surface area contributed by atoms with Crippen molar-refractivity contribution in [3.63, 3.8) is 0 Å². The molecule has 0 bridgehead atoms. The van der Waals surface area contributed by atoms with Gasteiger partial charge in [0, 0.05) is 6.20 Å². The van der Waals surface area contributed by atoms with Crippen molar-refractivity contribution in [1.29, 1.82) is 0 Å². The number of aryl methyl sites for hydroxylation is 1. The average Bonchev–Trinajstić information content (AvgIpc) is 3.10. The lowest BCUT2D eigenvalue weighted by Gasteiger charge is -2.09. The Kier molecular flexibility index (Phi) is 4.05. The number of benzene rings is 2. The molecule has 0 saturated heterocycles. The van der Waals surface area contributed by atoms with Gasteiger partial charge in [0.05, 0.1) is 19.8 Å². The molecule has 0 aliphatic carbocycles. The molecule has 0 aliphatic rings. The van der Waals surface area contributed by atoms with E-state index in [0.717, 1.165) is 45.2 Å². The van der Waals surface area contributed by atoms with Crippen molar-refractivity contribution in [3.05, 3.63) is 66.4 Å². The highest BCUT2D eigenvalue weighted by atomic mass is 16.5. The number of fused-ring (bicyclic) bond motifs is 1. The predicted molar refractivity (Wildman–Crippen MR) is 102 cm³/mol. The van der Waals surface area contributed by atoms with Crippen molar-refractivity contribution in [1.82, 2.24) is 14.6 Å². The highest BCUT2D eigenvalue weighted by Gasteiger charge is 2.13. The van der Waals surface area contributed by atoms with E-state index in [1.807, 2.05) is 47.7 Å². The largest absolute Gasteiger partial charge is 0.496 e. The maximum absolute atomic E-state index is 5.48. The zero-order valence-corrected chi connectivity index (χ0v) is 14.9. The lowest BCUT2D eigenvalue weighted by atomic mass is 10.0. The molecule has 4 aromatic rings. The molecule has 0 atom stereocenters. The lowest BCUT2D eigenvalue weighted by Crippen LogP contribution is -1.94. The van der Waals surface area contributed by atoms with E-state index in [-0.39, 0.29) is 0 Å². The molecule has 0 saturated carbocycles. The molecule has 2 aromatic heterocycles. The topological polar surface area (TPSA) is 48.7 Å². The van der Waals surface area contributed by atoms with Crippen LogP contribution in [0.25, 0.3) is 28.2 Å². The van der Waals surface area contributed by atoms with E-state index in [1.165, 1.54) is 0 Å². The minimum atomic E-state index is 0.754. The Morgan fingerprint density at radius 3 is 2.35 bits per heavy atom. The fourth-order valence-corrected chi connectivity index (χ4v) is 3.13. The van der Waals surface area contributed by atoms with Crippen LogP contribution in [-0.2, 0) is 0 Å². The van der Waals surface area contributed by atoms with Gasteiger partial charge >= 0.3 is 0 Å². The number of ether oxygens (including phenoxy) is 2. The molecule has 4 rings (SSSR count). The van der Waals surface area contributed by atoms with Gasteiger partial charge in [-0.25, -0.2) is 0 Å². The van der Waals surface area contributed by atoms with Crippen molar-refractivity contribution in [2.24, 2.45) is 0 Å². The molecule has 2 aromatic carbocycles. The predicted octanol–water partition coefficient (Wildman–Crippen LogP) is 4.39. The van der Waals surface area contributed by atoms with E-state index in [1.54, 1.807) is 14.2 Å². The van der Waals surface area contributed by atoms with E-state index >= 15 is 0 Å². The van der Waals surface area contributed by atoms with E-state index in [4.69, 9.17) is 9.47 Å². The molecule has 5 nitrogen and oxygen atoms in total. The summed E-state index contributed by atoms with van der Waals surface area (Å²) in [5.41, 5.74) is 4.99. The van der Waals surface area contributed by atoms with E-state index in [0.29, 0.717) is 0 Å². The fourth-order valence-electron chi connectivity index (χ4n) is 3.13. The van der Waals surface area contributed by atoms with Gasteiger partial charge in [0.25, 0.3) is 0 Å². The average molecular weight is 345 g/mol. The van der Waals surface area contributed by atoms with Crippen LogP contribution < -0.4 is 9.47 Å². The number of aromatic nitrogens is 3. The summed E-state index contributed by atoms with van der Waals surface area (Å²) in [5, 5.41) is 8.65. The van der Waals surface area contributed by atoms with Gasteiger partial charge in [0.15, 0.2) is 11.5 Å². The van der Waals surface area contributed by atoms with E-state index in [2.05, 4.69) is 34.6 Å². The summed E-state index contributed by atoms with van der Waals surface area (Å²) in [6.07, 6.45) is 2.05. The summed E-state index contributed by atoms with van der Waals surface area (Å²) in [5.74, 6) is 2.41. The first kappa shape index (κ1) is 16.1. The Balaban J connectivity index is 1.86. The van der Waals surface area contributed by atoms with Crippen LogP contribution in [0.5, 0.6) is 11.5 Å². The Hall–Kier alpha value is -3.34. The molecule has 0 amide bonds. The number of hydrogen-bond donors (Lipinski definition) is 0. The van der Waals surface area contributed by atoms with Gasteiger partial charge in [-0.1, -0.05) is 18.2 Å². The molecule has 2 heterocycles. The van der Waals surface area contributed by atoms with Crippen LogP contribution >= 0.6 is 0 Å². The monoisotopic (exact) mass is 345 g/mol. The summed E-state index contributed by atoms with van der Waals surface area (Å²) in [4.78, 5) is 0. The van der Waals surface area contributed by atoms with Gasteiger partial charge < -0.3 is 9.47 Å². The second kappa shape index (κ2) is 6.52. The fraction of sp³-hybridized carbons (Fsp3) is 0.143. The summed E-state index contributed by atoms with van der Waals surface area (Å²) in [7, 11) is 3.35. The molecule has 0 unspecified atom stereocenters. The second-order valence-electron chi connectivity index (χ2n) is 6.05. The van der Waals surface area contributed by atoms with Crippen LogP contribution in [0.2, 0.25) is 0 Å². The van der Waals surface area contributed by atoms with Crippen LogP contribution in [0.15, 0.2) is 60.8 Å². The lowest BCUT2D eigenvalue weighted by molar-refractivity contribution is 0.412. The Labute approximate surface area is 151 Å². The van der Waals surface area contributed by atoms with Crippen LogP contribution in [0.4, 0.5) is 0 Å². The Bertz CT molecular complexity index is 1090. The zero-order valence-electron chi connectivity index (χ0n) is 14.9. The van der Waals surface area contributed by atoms with Crippen molar-refractivity contribution in [2.75, 3.05) is 14.2 Å². The minimum Gasteiger partial charge on any atom is -0.496 e. The van der Waals surface area contributed by atoms with Crippen LogP contribution in [0, 0.1) is 6.92 Å². The molecular weight excluding hydrogens is 326 g/mol. The van der Waals surface area contributed by atoms with Gasteiger partial charge in [-0.3, -0.25) is 4.40 Å². The molecule has 0 aliphatic heterocycles. The van der Waals surface area contributed by atoms with Crippen LogP contribution in [0.3, 0.4) is 0 Å². The van der Waals surface area contributed by atoms with Crippen molar-refractivity contribution in [3.8, 4) is 34.0 Å². The first-order chi connectivity index (χ1) is 12.7. The number of hydrogen-bond acceptors (Lipinski definition) is 4. The zero-order chi connectivity index (χ0) is 18.1. The van der Waals surface area contributed by atoms with Gasteiger partial charge in [-0.05, 0) is 60.0 Å². The summed E-state index contributed by atoms with van der Waals surface area (Å²) < 4.78 is 12.8. The Morgan fingerprint density at radius 2 is 1.58 bits per heavy atom. The number of rotatable bonds is 4. The number of nitrogens with zero attached hydrogens (tertiary/aromatic N) is 3. The van der Waals surface area contributed by atoms with Crippen molar-refractivity contribution < 1.29 is 9.47 Å². The molecule has 0 fully saturated rings. The summed E-state index contributed by atoms with van der Waals surface area (Å²) in [6, 6.07) is 18.0. The quantitative estimate of drug-likeness (QED) is 0.550. The highest BCUT2D eigenvalue weighted by molar-refractivity contribution is 5.70. The first-order valence-corrected chi connectivity index (χ1v) is 8.34. The maximum atomic E-state index is 5.48. The maximum Gasteiger partial charge on any atom is 0.172 e. The summed E-state index contributed by atoms with van der Waals surface area (Å²) >= 11 is 0. The minimum absolute atomic E-state index is 0.754. The number of para-hydroxylation sites is 1. The summed E-state index contributed by atoms with van der Waals surface area (Å²) in [6.45, 7) is 2.04. The van der Waals surface area contributed by atoms with Crippen LogP contribution in [0.1, 0.15) is 5.56 Å². The first-order valence-electron chi connectivity index (χ1n) is 8.34. The van der Waals surface area contributed by atoms with Gasteiger partial charge in [0.1, 0.15) is 11.5 Å². The van der Waals surface area contributed by atoms with E-state index in [9.17, 15) is 0 Å². The third-order valence-corrected chi connectivity index (χ3v) is 4.48. The van der Waals surface area contributed by atoms with Gasteiger partial charge in [-0.2, -0.15) is 0 Å². The highest BCUT2D eigenvalue weighted by Crippen LogP contribution is 2.31. The molecule has 0 N–H and O–H groups in total. The van der Waals surface area contributed by atoms with Crippen molar-refractivity contribution >= 4 is 5.65 Å². The SMILES string of the molecule is COc1ccc(-c2ccc3nnc(-c4ccccc4OC)n3c2)cc1C. The molecule has 26 heavy (non-hydrogen) atoms. The second-order valence-corrected chi connectivity index (χ2v) is 6.05. The standard InChI is InChI=1S/C21H19N3O2/c1-14-12-15(8-10-18(14)25-2)16-9-11-20-22-23-21(24(20)13-16)17-6-4-5-7-19(17)26-3/h4-13H,1-3H3. The molecule has 0 spiro atoms. The normalized spacial score (nSPS) is 10.9. The molecular formula is C21H19N3O2. The molecule has 130 valence electrons. The number of methoxy groups -OCH3 is 2. The van der Waals surface area contributed by atoms with Crippen LogP contribution in [-0.4, -0.2) is 28.8 Å². The smallest absolute Gasteiger partial charge is 0.172 e. The third kappa shape index (κ3) is 2.67. The molecule has 5 heteroatoms. The van der Waals surface area contributed by atoms with E-state index < -0.39 is 0 Å².